The largest absolute Gasteiger partial charge is 0.506 e. The lowest BCUT2D eigenvalue weighted by Gasteiger charge is -2.26. The second-order valence-corrected chi connectivity index (χ2v) is 5.23. The molecule has 0 bridgehead atoms. The van der Waals surface area contributed by atoms with E-state index in [0.29, 0.717) is 0 Å². The van der Waals surface area contributed by atoms with E-state index >= 15 is 0 Å². The maximum atomic E-state index is 11.5. The Balaban J connectivity index is 4.89. The van der Waals surface area contributed by atoms with Crippen LogP contribution in [0.5, 0.6) is 0 Å². The van der Waals surface area contributed by atoms with Crippen molar-refractivity contribution in [3.05, 3.63) is 11.5 Å². The van der Waals surface area contributed by atoms with E-state index in [4.69, 9.17) is 15.3 Å². The van der Waals surface area contributed by atoms with Crippen molar-refractivity contribution < 1.29 is 50.1 Å². The molecule has 0 spiro atoms. The molecule has 3 atom stereocenters. The molecule has 0 unspecified atom stereocenters. The number of carboxylic acids is 1. The number of hydrogen-bond acceptors (Lipinski definition) is 9. The van der Waals surface area contributed by atoms with Crippen LogP contribution in [0.25, 0.3) is 0 Å². The Bertz CT molecular complexity index is 441. The third-order valence-corrected chi connectivity index (χ3v) is 2.82. The summed E-state index contributed by atoms with van der Waals surface area (Å²) in [5, 5.41) is 63.7. The van der Waals surface area contributed by atoms with Crippen molar-refractivity contribution in [1.82, 2.24) is 0 Å². The van der Waals surface area contributed by atoms with Crippen molar-refractivity contribution in [2.75, 3.05) is 13.2 Å². The molecule has 22 heavy (non-hydrogen) atoms. The van der Waals surface area contributed by atoms with Crippen molar-refractivity contribution in [3.8, 4) is 0 Å². The van der Waals surface area contributed by atoms with Crippen LogP contribution in [0.1, 0.15) is 13.8 Å². The number of aliphatic hydroxyl groups is 6. The zero-order valence-electron chi connectivity index (χ0n) is 12.0. The van der Waals surface area contributed by atoms with Crippen LogP contribution >= 0.6 is 0 Å². The highest BCUT2D eigenvalue weighted by atomic mass is 16.5. The van der Waals surface area contributed by atoms with E-state index in [0.717, 1.165) is 0 Å². The Hall–Kier alpha value is -1.88. The molecular weight excluding hydrogens is 304 g/mol. The fraction of sp³-hybridized carbons (Fsp3) is 0.667. The molecule has 128 valence electrons. The Morgan fingerprint density at radius 1 is 1.09 bits per heavy atom. The van der Waals surface area contributed by atoms with Gasteiger partial charge in [0.15, 0.2) is 11.9 Å². The lowest BCUT2D eigenvalue weighted by Crippen LogP contribution is -2.40. The number of ether oxygens (including phenoxy) is 1. The van der Waals surface area contributed by atoms with Gasteiger partial charge in [-0.25, -0.2) is 9.59 Å². The molecule has 0 fully saturated rings. The van der Waals surface area contributed by atoms with Crippen LogP contribution in [0.15, 0.2) is 11.5 Å². The Kier molecular flexibility index (Phi) is 7.26. The highest BCUT2D eigenvalue weighted by Gasteiger charge is 2.36. The van der Waals surface area contributed by atoms with E-state index in [1.54, 1.807) is 0 Å². The minimum Gasteiger partial charge on any atom is -0.506 e. The van der Waals surface area contributed by atoms with Gasteiger partial charge in [0, 0.05) is 5.41 Å². The summed E-state index contributed by atoms with van der Waals surface area (Å²) in [6.07, 6.45) is -5.79. The second kappa shape index (κ2) is 7.94. The highest BCUT2D eigenvalue weighted by molar-refractivity contribution is 5.86. The van der Waals surface area contributed by atoms with E-state index < -0.39 is 60.4 Å². The van der Waals surface area contributed by atoms with E-state index in [9.17, 15) is 30.0 Å². The third-order valence-electron chi connectivity index (χ3n) is 2.82. The Morgan fingerprint density at radius 3 is 2.00 bits per heavy atom. The lowest BCUT2D eigenvalue weighted by molar-refractivity contribution is -0.161. The van der Waals surface area contributed by atoms with Gasteiger partial charge in [0.25, 0.3) is 0 Å². The van der Waals surface area contributed by atoms with Gasteiger partial charge >= 0.3 is 11.9 Å². The first-order chi connectivity index (χ1) is 9.95. The van der Waals surface area contributed by atoms with Crippen LogP contribution in [0, 0.1) is 5.41 Å². The SMILES string of the molecule is CC(C)(COC(=O)/C(O)=C(/O)[C@H](O)[C@@H](O)CO)[C@@H](O)C(=O)O. The molecule has 0 amide bonds. The normalized spacial score (nSPS) is 17.2. The molecular formula is C12H20O10. The number of aliphatic hydroxyl groups excluding tert-OH is 6. The van der Waals surface area contributed by atoms with Crippen LogP contribution in [-0.2, 0) is 14.3 Å². The van der Waals surface area contributed by atoms with Gasteiger partial charge in [0.1, 0.15) is 12.2 Å². The first-order valence-corrected chi connectivity index (χ1v) is 6.12. The number of carbonyl (C=O) groups excluding carboxylic acids is 1. The summed E-state index contributed by atoms with van der Waals surface area (Å²) in [4.78, 5) is 22.1. The predicted molar refractivity (Wildman–Crippen MR) is 69.8 cm³/mol. The molecule has 0 saturated heterocycles. The van der Waals surface area contributed by atoms with Gasteiger partial charge in [0.2, 0.25) is 5.76 Å². The van der Waals surface area contributed by atoms with Gasteiger partial charge in [0.05, 0.1) is 13.2 Å². The number of esters is 1. The number of rotatable bonds is 8. The molecule has 0 radical (unpaired) electrons. The van der Waals surface area contributed by atoms with E-state index in [1.165, 1.54) is 13.8 Å². The third kappa shape index (κ3) is 5.15. The quantitative estimate of drug-likeness (QED) is 0.150. The summed E-state index contributed by atoms with van der Waals surface area (Å²) >= 11 is 0. The summed E-state index contributed by atoms with van der Waals surface area (Å²) in [5.74, 6) is -5.78. The standard InChI is InChI=1S/C12H20O10/c1-12(2,9(18)10(19)20)4-22-11(21)8(17)7(16)6(15)5(14)3-13/h5-6,9,13-18H,3-4H2,1-2H3,(H,19,20)/b8-7-/t5-,6+,9-/m0/s1. The Morgan fingerprint density at radius 2 is 1.59 bits per heavy atom. The van der Waals surface area contributed by atoms with Crippen molar-refractivity contribution >= 4 is 11.9 Å². The van der Waals surface area contributed by atoms with Crippen LogP contribution in [0.4, 0.5) is 0 Å². The Labute approximate surface area is 125 Å². The van der Waals surface area contributed by atoms with E-state index in [2.05, 4.69) is 4.74 Å². The topological polar surface area (TPSA) is 185 Å². The zero-order valence-corrected chi connectivity index (χ0v) is 12.0. The average Bonchev–Trinajstić information content (AvgIpc) is 2.48. The van der Waals surface area contributed by atoms with Gasteiger partial charge in [-0.2, -0.15) is 0 Å². The number of aliphatic carboxylic acids is 1. The van der Waals surface area contributed by atoms with E-state index in [-0.39, 0.29) is 0 Å². The number of carbonyl (C=O) groups is 2. The molecule has 0 heterocycles. The molecule has 0 rings (SSSR count). The highest BCUT2D eigenvalue weighted by Crippen LogP contribution is 2.22. The molecule has 10 heteroatoms. The molecule has 10 nitrogen and oxygen atoms in total. The maximum Gasteiger partial charge on any atom is 0.377 e. The van der Waals surface area contributed by atoms with Gasteiger partial charge in [-0.05, 0) is 0 Å². The maximum absolute atomic E-state index is 11.5. The lowest BCUT2D eigenvalue weighted by atomic mass is 9.87. The number of hydrogen-bond donors (Lipinski definition) is 7. The molecule has 0 aliphatic carbocycles. The van der Waals surface area contributed by atoms with Crippen molar-refractivity contribution in [2.24, 2.45) is 5.41 Å². The second-order valence-electron chi connectivity index (χ2n) is 5.23. The van der Waals surface area contributed by atoms with Crippen LogP contribution in [0.2, 0.25) is 0 Å². The molecule has 0 aliphatic heterocycles. The molecule has 0 saturated carbocycles. The molecule has 0 aliphatic rings. The summed E-state index contributed by atoms with van der Waals surface area (Å²) in [7, 11) is 0. The van der Waals surface area contributed by atoms with Gasteiger partial charge < -0.3 is 40.5 Å². The van der Waals surface area contributed by atoms with Gasteiger partial charge in [-0.3, -0.25) is 0 Å². The van der Waals surface area contributed by atoms with Gasteiger partial charge in [-0.1, -0.05) is 13.8 Å². The predicted octanol–water partition coefficient (Wildman–Crippen LogP) is -1.96. The summed E-state index contributed by atoms with van der Waals surface area (Å²) in [6, 6.07) is 0. The van der Waals surface area contributed by atoms with Crippen LogP contribution in [-0.4, -0.2) is 79.2 Å². The van der Waals surface area contributed by atoms with Crippen molar-refractivity contribution in [1.29, 1.82) is 0 Å². The summed E-state index contributed by atoms with van der Waals surface area (Å²) < 4.78 is 4.54. The van der Waals surface area contributed by atoms with E-state index in [1.807, 2.05) is 0 Å². The van der Waals surface area contributed by atoms with Crippen molar-refractivity contribution in [3.63, 3.8) is 0 Å². The number of carboxylic acid groups (broad SMARTS) is 1. The zero-order chi connectivity index (χ0) is 17.7. The van der Waals surface area contributed by atoms with Crippen LogP contribution in [0.3, 0.4) is 0 Å². The smallest absolute Gasteiger partial charge is 0.377 e. The molecule has 0 aromatic heterocycles. The molecule has 7 N–H and O–H groups in total. The fourth-order valence-electron chi connectivity index (χ4n) is 1.26. The summed E-state index contributed by atoms with van der Waals surface area (Å²) in [5.41, 5.74) is -1.39. The van der Waals surface area contributed by atoms with Crippen LogP contribution < -0.4 is 0 Å². The monoisotopic (exact) mass is 324 g/mol. The average molecular weight is 324 g/mol. The fourth-order valence-corrected chi connectivity index (χ4v) is 1.26. The van der Waals surface area contributed by atoms with Crippen molar-refractivity contribution in [2.45, 2.75) is 32.2 Å². The molecule has 0 aromatic carbocycles. The van der Waals surface area contributed by atoms with Gasteiger partial charge in [-0.15, -0.1) is 0 Å². The minimum absolute atomic E-state index is 0.616. The summed E-state index contributed by atoms with van der Waals surface area (Å²) in [6.45, 7) is 1.01. The first kappa shape index (κ1) is 20.1. The molecule has 0 aromatic rings. The minimum atomic E-state index is -2.12. The first-order valence-electron chi connectivity index (χ1n) is 6.12.